The molecule has 0 bridgehead atoms. The molecule has 2 heterocycles. The number of anilines is 1. The van der Waals surface area contributed by atoms with E-state index in [1.54, 1.807) is 24.0 Å². The van der Waals surface area contributed by atoms with Crippen molar-refractivity contribution in [1.29, 1.82) is 0 Å². The van der Waals surface area contributed by atoms with E-state index >= 15 is 0 Å². The van der Waals surface area contributed by atoms with Crippen LogP contribution in [0.3, 0.4) is 0 Å². The number of nitrogens with zero attached hydrogens (tertiary/aromatic N) is 3. The van der Waals surface area contributed by atoms with Crippen LogP contribution in [0, 0.1) is 0 Å². The molecule has 132 valence electrons. The van der Waals surface area contributed by atoms with Gasteiger partial charge in [0.15, 0.2) is 5.82 Å². The topological polar surface area (TPSA) is 47.4 Å². The molecule has 5 nitrogen and oxygen atoms in total. The van der Waals surface area contributed by atoms with Gasteiger partial charge in [-0.3, -0.25) is 4.79 Å². The van der Waals surface area contributed by atoms with Gasteiger partial charge in [-0.05, 0) is 36.2 Å². The predicted octanol–water partition coefficient (Wildman–Crippen LogP) is 3.57. The number of aryl methyl sites for hydroxylation is 1. The molecule has 1 aromatic heterocycles. The van der Waals surface area contributed by atoms with Crippen LogP contribution in [-0.4, -0.2) is 22.6 Å². The summed E-state index contributed by atoms with van der Waals surface area (Å²) in [6, 6.07) is 18.0. The summed E-state index contributed by atoms with van der Waals surface area (Å²) < 4.78 is 7.52. The van der Waals surface area contributed by atoms with Gasteiger partial charge in [-0.1, -0.05) is 30.3 Å². The molecule has 3 aromatic rings. The zero-order chi connectivity index (χ0) is 17.9. The third-order valence-electron chi connectivity index (χ3n) is 4.79. The maximum atomic E-state index is 12.3. The first-order valence-electron chi connectivity index (χ1n) is 8.80. The van der Waals surface area contributed by atoms with Gasteiger partial charge < -0.3 is 14.2 Å². The lowest BCUT2D eigenvalue weighted by molar-refractivity contribution is 0.481. The van der Waals surface area contributed by atoms with Gasteiger partial charge in [0, 0.05) is 38.4 Å². The molecule has 0 spiro atoms. The molecule has 0 amide bonds. The summed E-state index contributed by atoms with van der Waals surface area (Å²) in [5, 5.41) is 0. The van der Waals surface area contributed by atoms with E-state index in [0.29, 0.717) is 11.7 Å². The summed E-state index contributed by atoms with van der Waals surface area (Å²) in [7, 11) is 1.76. The van der Waals surface area contributed by atoms with Crippen LogP contribution >= 0.6 is 0 Å². The van der Waals surface area contributed by atoms with E-state index in [1.165, 1.54) is 5.56 Å². The Hall–Kier alpha value is -3.08. The van der Waals surface area contributed by atoms with E-state index in [9.17, 15) is 4.79 Å². The lowest BCUT2D eigenvalue weighted by atomic mass is 9.98. The fraction of sp³-hybridized carbons (Fsp3) is 0.238. The van der Waals surface area contributed by atoms with Crippen molar-refractivity contribution in [2.45, 2.75) is 12.3 Å². The Morgan fingerprint density at radius 1 is 1.08 bits per heavy atom. The standard InChI is InChI=1S/C21H21N3O2/c1-23-13-11-22-20(21(23)25)24-12-10-17(15-24)16-6-5-9-19(14-16)26-18-7-3-2-4-8-18/h2-9,11,13-14,17H,10,12,15H2,1H3. The number of hydrogen-bond donors (Lipinski definition) is 0. The molecule has 1 atom stereocenters. The van der Waals surface area contributed by atoms with Crippen molar-refractivity contribution in [3.63, 3.8) is 0 Å². The van der Waals surface area contributed by atoms with Crippen molar-refractivity contribution in [3.05, 3.63) is 82.9 Å². The van der Waals surface area contributed by atoms with E-state index in [-0.39, 0.29) is 5.56 Å². The zero-order valence-corrected chi connectivity index (χ0v) is 14.7. The number of para-hydroxylation sites is 1. The van der Waals surface area contributed by atoms with Crippen LogP contribution in [0.1, 0.15) is 17.9 Å². The van der Waals surface area contributed by atoms with E-state index in [0.717, 1.165) is 31.0 Å². The molecule has 1 saturated heterocycles. The van der Waals surface area contributed by atoms with Crippen molar-refractivity contribution in [1.82, 2.24) is 9.55 Å². The fourth-order valence-corrected chi connectivity index (χ4v) is 3.38. The van der Waals surface area contributed by atoms with Crippen LogP contribution in [0.4, 0.5) is 5.82 Å². The molecule has 1 fully saturated rings. The van der Waals surface area contributed by atoms with Gasteiger partial charge in [-0.2, -0.15) is 0 Å². The minimum absolute atomic E-state index is 0.0469. The van der Waals surface area contributed by atoms with Crippen molar-refractivity contribution in [2.75, 3.05) is 18.0 Å². The molecule has 1 unspecified atom stereocenters. The second kappa shape index (κ2) is 7.04. The number of ether oxygens (including phenoxy) is 1. The average Bonchev–Trinajstić information content (AvgIpc) is 3.15. The Morgan fingerprint density at radius 3 is 2.73 bits per heavy atom. The first-order chi connectivity index (χ1) is 12.7. The van der Waals surface area contributed by atoms with Crippen molar-refractivity contribution in [2.24, 2.45) is 7.05 Å². The van der Waals surface area contributed by atoms with Gasteiger partial charge in [0.25, 0.3) is 5.56 Å². The highest BCUT2D eigenvalue weighted by atomic mass is 16.5. The number of aromatic nitrogens is 2. The zero-order valence-electron chi connectivity index (χ0n) is 14.7. The Bertz CT molecular complexity index is 953. The number of hydrogen-bond acceptors (Lipinski definition) is 4. The first-order valence-corrected chi connectivity index (χ1v) is 8.80. The van der Waals surface area contributed by atoms with Crippen molar-refractivity contribution >= 4 is 5.82 Å². The highest BCUT2D eigenvalue weighted by Crippen LogP contribution is 2.31. The van der Waals surface area contributed by atoms with E-state index in [2.05, 4.69) is 22.0 Å². The molecule has 0 aliphatic carbocycles. The van der Waals surface area contributed by atoms with Gasteiger partial charge in [0.05, 0.1) is 0 Å². The van der Waals surface area contributed by atoms with E-state index in [4.69, 9.17) is 4.74 Å². The lowest BCUT2D eigenvalue weighted by Crippen LogP contribution is -2.30. The molecule has 4 rings (SSSR count). The number of benzene rings is 2. The summed E-state index contributed by atoms with van der Waals surface area (Å²) in [6.45, 7) is 1.63. The summed E-state index contributed by atoms with van der Waals surface area (Å²) in [4.78, 5) is 18.7. The van der Waals surface area contributed by atoms with Crippen LogP contribution in [-0.2, 0) is 7.05 Å². The Morgan fingerprint density at radius 2 is 1.88 bits per heavy atom. The maximum Gasteiger partial charge on any atom is 0.293 e. The summed E-state index contributed by atoms with van der Waals surface area (Å²) in [5.41, 5.74) is 1.18. The largest absolute Gasteiger partial charge is 0.457 e. The van der Waals surface area contributed by atoms with Crippen molar-refractivity contribution < 1.29 is 4.74 Å². The molecule has 5 heteroatoms. The minimum atomic E-state index is -0.0469. The third-order valence-corrected chi connectivity index (χ3v) is 4.79. The molecular weight excluding hydrogens is 326 g/mol. The van der Waals surface area contributed by atoms with Crippen molar-refractivity contribution in [3.8, 4) is 11.5 Å². The molecule has 1 aliphatic rings. The fourth-order valence-electron chi connectivity index (χ4n) is 3.38. The van der Waals surface area contributed by atoms with E-state index in [1.807, 2.05) is 42.5 Å². The normalized spacial score (nSPS) is 16.7. The molecule has 26 heavy (non-hydrogen) atoms. The SMILES string of the molecule is Cn1ccnc(N2CCC(c3cccc(Oc4ccccc4)c3)C2)c1=O. The predicted molar refractivity (Wildman–Crippen MR) is 102 cm³/mol. The summed E-state index contributed by atoms with van der Waals surface area (Å²) >= 11 is 0. The molecule has 2 aromatic carbocycles. The van der Waals surface area contributed by atoms with Gasteiger partial charge in [-0.25, -0.2) is 4.98 Å². The highest BCUT2D eigenvalue weighted by Gasteiger charge is 2.26. The molecule has 0 saturated carbocycles. The Labute approximate surface area is 152 Å². The van der Waals surface area contributed by atoms with Crippen LogP contribution in [0.2, 0.25) is 0 Å². The highest BCUT2D eigenvalue weighted by molar-refractivity contribution is 5.41. The second-order valence-corrected chi connectivity index (χ2v) is 6.59. The number of rotatable bonds is 4. The quantitative estimate of drug-likeness (QED) is 0.724. The van der Waals surface area contributed by atoms with Crippen LogP contribution in [0.5, 0.6) is 11.5 Å². The first kappa shape index (κ1) is 16.4. The Balaban J connectivity index is 1.51. The van der Waals surface area contributed by atoms with Crippen LogP contribution in [0.25, 0.3) is 0 Å². The molecular formula is C21H21N3O2. The smallest absolute Gasteiger partial charge is 0.293 e. The van der Waals surface area contributed by atoms with Gasteiger partial charge in [0.2, 0.25) is 0 Å². The molecule has 1 aliphatic heterocycles. The average molecular weight is 347 g/mol. The van der Waals surface area contributed by atoms with E-state index < -0.39 is 0 Å². The monoisotopic (exact) mass is 347 g/mol. The molecule has 0 radical (unpaired) electrons. The minimum Gasteiger partial charge on any atom is -0.457 e. The lowest BCUT2D eigenvalue weighted by Gasteiger charge is -2.17. The van der Waals surface area contributed by atoms with Crippen LogP contribution in [0.15, 0.2) is 71.8 Å². The summed E-state index contributed by atoms with van der Waals surface area (Å²) in [5.74, 6) is 2.56. The van der Waals surface area contributed by atoms with Gasteiger partial charge in [0.1, 0.15) is 11.5 Å². The van der Waals surface area contributed by atoms with Gasteiger partial charge >= 0.3 is 0 Å². The van der Waals surface area contributed by atoms with Crippen LogP contribution < -0.4 is 15.2 Å². The van der Waals surface area contributed by atoms with Gasteiger partial charge in [-0.15, -0.1) is 0 Å². The summed E-state index contributed by atoms with van der Waals surface area (Å²) in [6.07, 6.45) is 4.36. The second-order valence-electron chi connectivity index (χ2n) is 6.59. The third kappa shape index (κ3) is 3.33. The maximum absolute atomic E-state index is 12.3. The Kier molecular flexibility index (Phi) is 4.44. The molecule has 0 N–H and O–H groups in total.